The second kappa shape index (κ2) is 2.38. The van der Waals surface area contributed by atoms with Crippen molar-refractivity contribution >= 4 is 7.05 Å². The largest absolute Gasteiger partial charge is 0.437 e. The number of nitriles is 1. The molecule has 1 rings (SSSR count). The summed E-state index contributed by atoms with van der Waals surface area (Å²) < 4.78 is 0. The summed E-state index contributed by atoms with van der Waals surface area (Å²) in [5.41, 5.74) is 0. The Morgan fingerprint density at radius 3 is 2.67 bits per heavy atom. The van der Waals surface area contributed by atoms with E-state index < -0.39 is 7.05 Å². The Balaban J connectivity index is 2.38. The van der Waals surface area contributed by atoms with E-state index in [2.05, 4.69) is 6.07 Å². The van der Waals surface area contributed by atoms with Crippen LogP contribution in [-0.2, 0) is 0 Å². The maximum absolute atomic E-state index is 8.95. The van der Waals surface area contributed by atoms with E-state index in [1.807, 2.05) is 0 Å². The van der Waals surface area contributed by atoms with Crippen molar-refractivity contribution in [2.75, 3.05) is 6.54 Å². The molecule has 0 aromatic rings. The van der Waals surface area contributed by atoms with Crippen molar-refractivity contribution in [3.05, 3.63) is 0 Å². The molecule has 0 spiro atoms. The molecule has 0 bridgehead atoms. The van der Waals surface area contributed by atoms with Gasteiger partial charge in [-0.3, -0.25) is 0 Å². The van der Waals surface area contributed by atoms with Gasteiger partial charge in [-0.25, -0.2) is 0 Å². The van der Waals surface area contributed by atoms with Crippen LogP contribution in [0.2, 0.25) is 6.82 Å². The molecule has 1 aliphatic rings. The zero-order valence-corrected chi connectivity index (χ0v) is 5.41. The molecule has 0 radical (unpaired) electrons. The zero-order valence-electron chi connectivity index (χ0n) is 5.41. The summed E-state index contributed by atoms with van der Waals surface area (Å²) in [5.74, 6) is 0. The lowest BCUT2D eigenvalue weighted by atomic mass is 9.78. The van der Waals surface area contributed by atoms with E-state index in [4.69, 9.17) is 10.3 Å². The Kier molecular flexibility index (Phi) is 1.74. The van der Waals surface area contributed by atoms with Crippen LogP contribution in [0, 0.1) is 11.3 Å². The van der Waals surface area contributed by atoms with E-state index in [1.54, 1.807) is 11.6 Å². The van der Waals surface area contributed by atoms with Crippen molar-refractivity contribution in [1.29, 1.82) is 5.26 Å². The molecular formula is C5H9BN2O. The van der Waals surface area contributed by atoms with E-state index in [1.165, 1.54) is 0 Å². The molecule has 0 aromatic heterocycles. The first-order valence-electron chi connectivity index (χ1n) is 3.09. The second-order valence-electron chi connectivity index (χ2n) is 2.30. The average molecular weight is 124 g/mol. The summed E-state index contributed by atoms with van der Waals surface area (Å²) in [6.45, 7) is 2.54. The molecule has 0 aliphatic carbocycles. The zero-order chi connectivity index (χ0) is 6.85. The Bertz CT molecular complexity index is 142. The van der Waals surface area contributed by atoms with Gasteiger partial charge in [0.15, 0.2) is 0 Å². The summed E-state index contributed by atoms with van der Waals surface area (Å²) in [6, 6.07) is 2.06. The van der Waals surface area contributed by atoms with Crippen molar-refractivity contribution in [2.24, 2.45) is 0 Å². The second-order valence-corrected chi connectivity index (χ2v) is 2.30. The van der Waals surface area contributed by atoms with Crippen LogP contribution >= 0.6 is 0 Å². The molecule has 0 amide bonds. The van der Waals surface area contributed by atoms with Gasteiger partial charge in [-0.05, 0) is 19.8 Å². The van der Waals surface area contributed by atoms with Crippen molar-refractivity contribution in [1.82, 2.24) is 4.81 Å². The minimum atomic E-state index is -0.455. The van der Waals surface area contributed by atoms with Gasteiger partial charge < -0.3 is 9.83 Å². The van der Waals surface area contributed by atoms with Gasteiger partial charge in [-0.1, -0.05) is 0 Å². The highest BCUT2D eigenvalue weighted by Crippen LogP contribution is 2.16. The van der Waals surface area contributed by atoms with Crippen LogP contribution in [0.4, 0.5) is 0 Å². The minimum absolute atomic E-state index is 0.0370. The molecule has 4 heteroatoms. The monoisotopic (exact) mass is 124 g/mol. The lowest BCUT2D eigenvalue weighted by molar-refractivity contribution is 0.217. The van der Waals surface area contributed by atoms with Crippen LogP contribution in [0.1, 0.15) is 6.42 Å². The minimum Gasteiger partial charge on any atom is -0.437 e. The number of rotatable bonds is 1. The molecule has 0 aromatic carbocycles. The third kappa shape index (κ3) is 1.07. The molecule has 48 valence electrons. The van der Waals surface area contributed by atoms with Crippen LogP contribution in [0.25, 0.3) is 0 Å². The Labute approximate surface area is 55.0 Å². The SMILES string of the molecule is CB(O)N1CC[C@H]1C#N. The first kappa shape index (κ1) is 6.59. The number of hydrogen-bond donors (Lipinski definition) is 1. The quantitative estimate of drug-likeness (QED) is 0.488. The molecule has 3 nitrogen and oxygen atoms in total. The van der Waals surface area contributed by atoms with Crippen molar-refractivity contribution < 1.29 is 5.02 Å². The number of nitrogens with zero attached hydrogens (tertiary/aromatic N) is 2. The predicted octanol–water partition coefficient (Wildman–Crippen LogP) is -0.305. The molecular weight excluding hydrogens is 115 g/mol. The van der Waals surface area contributed by atoms with Gasteiger partial charge >= 0.3 is 7.05 Å². The molecule has 9 heavy (non-hydrogen) atoms. The summed E-state index contributed by atoms with van der Waals surface area (Å²) in [5, 5.41) is 17.4. The third-order valence-electron chi connectivity index (χ3n) is 1.69. The summed E-state index contributed by atoms with van der Waals surface area (Å²) in [4.78, 5) is 1.76. The van der Waals surface area contributed by atoms with Gasteiger partial charge in [0.25, 0.3) is 0 Å². The first-order valence-corrected chi connectivity index (χ1v) is 3.09. The Hall–Kier alpha value is -0.525. The van der Waals surface area contributed by atoms with Gasteiger partial charge in [0.05, 0.1) is 12.1 Å². The van der Waals surface area contributed by atoms with E-state index in [9.17, 15) is 0 Å². The first-order chi connectivity index (χ1) is 4.25. The molecule has 0 saturated carbocycles. The number of hydrogen-bond acceptors (Lipinski definition) is 3. The van der Waals surface area contributed by atoms with Crippen LogP contribution in [0.15, 0.2) is 0 Å². The normalized spacial score (nSPS) is 26.6. The van der Waals surface area contributed by atoms with Crippen LogP contribution in [0.5, 0.6) is 0 Å². The van der Waals surface area contributed by atoms with E-state index in [-0.39, 0.29) is 6.04 Å². The van der Waals surface area contributed by atoms with E-state index >= 15 is 0 Å². The summed E-state index contributed by atoms with van der Waals surface area (Å²) >= 11 is 0. The maximum Gasteiger partial charge on any atom is 0.377 e. The van der Waals surface area contributed by atoms with Crippen molar-refractivity contribution in [2.45, 2.75) is 19.3 Å². The Morgan fingerprint density at radius 2 is 2.56 bits per heavy atom. The third-order valence-corrected chi connectivity index (χ3v) is 1.69. The molecule has 1 fully saturated rings. The van der Waals surface area contributed by atoms with Gasteiger partial charge in [-0.2, -0.15) is 5.26 Å². The van der Waals surface area contributed by atoms with Crippen LogP contribution in [-0.4, -0.2) is 29.5 Å². The average Bonchev–Trinajstić information content (AvgIpc) is 1.61. The highest BCUT2D eigenvalue weighted by atomic mass is 16.2. The summed E-state index contributed by atoms with van der Waals surface area (Å²) in [6.07, 6.45) is 0.904. The molecule has 1 atom stereocenters. The van der Waals surface area contributed by atoms with Crippen molar-refractivity contribution in [3.63, 3.8) is 0 Å². The molecule has 1 aliphatic heterocycles. The van der Waals surface area contributed by atoms with E-state index in [0.717, 1.165) is 13.0 Å². The maximum atomic E-state index is 8.95. The molecule has 1 N–H and O–H groups in total. The highest BCUT2D eigenvalue weighted by molar-refractivity contribution is 6.45. The highest BCUT2D eigenvalue weighted by Gasteiger charge is 2.32. The van der Waals surface area contributed by atoms with Gasteiger partial charge in [-0.15, -0.1) is 0 Å². The predicted molar refractivity (Wildman–Crippen MR) is 34.6 cm³/mol. The van der Waals surface area contributed by atoms with Crippen molar-refractivity contribution in [3.8, 4) is 6.07 Å². The van der Waals surface area contributed by atoms with Gasteiger partial charge in [0.1, 0.15) is 0 Å². The Morgan fingerprint density at radius 1 is 1.89 bits per heavy atom. The lowest BCUT2D eigenvalue weighted by Gasteiger charge is -2.37. The molecule has 1 heterocycles. The van der Waals surface area contributed by atoms with Gasteiger partial charge in [0.2, 0.25) is 0 Å². The fourth-order valence-electron chi connectivity index (χ4n) is 0.993. The topological polar surface area (TPSA) is 47.3 Å². The standard InChI is InChI=1S/C5H9BN2O/c1-6(9)8-3-2-5(8)4-7/h5,9H,2-3H2,1H3/t5-/m0/s1. The fraction of sp³-hybridized carbons (Fsp3) is 0.800. The lowest BCUT2D eigenvalue weighted by Crippen LogP contribution is -2.53. The molecule has 0 unspecified atom stereocenters. The fourth-order valence-corrected chi connectivity index (χ4v) is 0.993. The molecule has 1 saturated heterocycles. The van der Waals surface area contributed by atoms with Crippen LogP contribution < -0.4 is 0 Å². The summed E-state index contributed by atoms with van der Waals surface area (Å²) in [7, 11) is -0.455. The van der Waals surface area contributed by atoms with E-state index in [0.29, 0.717) is 0 Å². The van der Waals surface area contributed by atoms with Crippen LogP contribution in [0.3, 0.4) is 0 Å². The van der Waals surface area contributed by atoms with Gasteiger partial charge in [0, 0.05) is 0 Å². The smallest absolute Gasteiger partial charge is 0.377 e.